The number of aryl methyl sites for hydroxylation is 1. The second-order valence-electron chi connectivity index (χ2n) is 6.79. The number of hydrogen-bond acceptors (Lipinski definition) is 7. The van der Waals surface area contributed by atoms with Crippen molar-refractivity contribution < 1.29 is 9.47 Å². The normalized spacial score (nSPS) is 14.6. The van der Waals surface area contributed by atoms with Gasteiger partial charge in [-0.15, -0.1) is 0 Å². The highest BCUT2D eigenvalue weighted by molar-refractivity contribution is 5.65. The Balaban J connectivity index is 1.66. The predicted octanol–water partition coefficient (Wildman–Crippen LogP) is 3.52. The number of aromatic nitrogens is 4. The fourth-order valence-corrected chi connectivity index (χ4v) is 3.14. The molecule has 0 aliphatic carbocycles. The summed E-state index contributed by atoms with van der Waals surface area (Å²) < 4.78 is 10.8. The molecule has 1 aromatic carbocycles. The Bertz CT molecular complexity index is 936. The molecule has 0 spiro atoms. The lowest BCUT2D eigenvalue weighted by atomic mass is 10.1. The summed E-state index contributed by atoms with van der Waals surface area (Å²) in [4.78, 5) is 9.41. The molecule has 146 valence electrons. The summed E-state index contributed by atoms with van der Waals surface area (Å²) in [6, 6.07) is 11.9. The molecule has 0 saturated carbocycles. The molecule has 1 saturated heterocycles. The van der Waals surface area contributed by atoms with Gasteiger partial charge in [0.05, 0.1) is 7.11 Å². The molecule has 3 heterocycles. The number of anilines is 3. The number of nitrogens with one attached hydrogen (secondary N) is 3. The third kappa shape index (κ3) is 4.40. The third-order valence-electron chi connectivity index (χ3n) is 4.59. The van der Waals surface area contributed by atoms with Crippen molar-refractivity contribution in [3.8, 4) is 17.1 Å². The van der Waals surface area contributed by atoms with Crippen molar-refractivity contribution in [3.63, 3.8) is 0 Å². The van der Waals surface area contributed by atoms with Gasteiger partial charge in [-0.3, -0.25) is 5.10 Å². The van der Waals surface area contributed by atoms with Gasteiger partial charge in [0.25, 0.3) is 0 Å². The molecule has 0 radical (unpaired) electrons. The van der Waals surface area contributed by atoms with Crippen LogP contribution in [0.5, 0.6) is 5.75 Å². The van der Waals surface area contributed by atoms with Crippen LogP contribution in [-0.2, 0) is 4.74 Å². The Morgan fingerprint density at radius 2 is 1.89 bits per heavy atom. The van der Waals surface area contributed by atoms with Gasteiger partial charge in [0.1, 0.15) is 17.4 Å². The second kappa shape index (κ2) is 8.26. The van der Waals surface area contributed by atoms with Crippen LogP contribution in [-0.4, -0.2) is 46.5 Å². The molecule has 0 atom stereocenters. The molecule has 1 aliphatic rings. The maximum Gasteiger partial charge on any atom is 0.163 e. The Morgan fingerprint density at radius 1 is 1.07 bits per heavy atom. The lowest BCUT2D eigenvalue weighted by Gasteiger charge is -2.24. The van der Waals surface area contributed by atoms with E-state index >= 15 is 0 Å². The number of ether oxygens (including phenoxy) is 2. The van der Waals surface area contributed by atoms with Crippen molar-refractivity contribution >= 4 is 17.5 Å². The van der Waals surface area contributed by atoms with Gasteiger partial charge < -0.3 is 20.1 Å². The topological polar surface area (TPSA) is 97.0 Å². The van der Waals surface area contributed by atoms with E-state index in [0.717, 1.165) is 48.9 Å². The molecule has 1 aliphatic heterocycles. The van der Waals surface area contributed by atoms with Crippen LogP contribution in [0.3, 0.4) is 0 Å². The van der Waals surface area contributed by atoms with Crippen LogP contribution in [0.4, 0.5) is 17.5 Å². The van der Waals surface area contributed by atoms with Crippen molar-refractivity contribution in [2.75, 3.05) is 31.0 Å². The minimum atomic E-state index is 0.335. The maximum absolute atomic E-state index is 5.45. The summed E-state index contributed by atoms with van der Waals surface area (Å²) in [6.07, 6.45) is 1.92. The average molecular weight is 380 g/mol. The lowest BCUT2D eigenvalue weighted by molar-refractivity contribution is 0.0904. The van der Waals surface area contributed by atoms with Crippen LogP contribution < -0.4 is 15.4 Å². The van der Waals surface area contributed by atoms with E-state index in [1.165, 1.54) is 0 Å². The van der Waals surface area contributed by atoms with Crippen LogP contribution >= 0.6 is 0 Å². The fourth-order valence-electron chi connectivity index (χ4n) is 3.14. The molecule has 0 unspecified atom stereocenters. The zero-order valence-electron chi connectivity index (χ0n) is 16.0. The monoisotopic (exact) mass is 380 g/mol. The van der Waals surface area contributed by atoms with Crippen molar-refractivity contribution in [1.29, 1.82) is 0 Å². The van der Waals surface area contributed by atoms with Crippen LogP contribution in [0.25, 0.3) is 11.4 Å². The predicted molar refractivity (Wildman–Crippen MR) is 108 cm³/mol. The summed E-state index contributed by atoms with van der Waals surface area (Å²) in [5, 5.41) is 13.9. The van der Waals surface area contributed by atoms with Crippen LogP contribution in [0.2, 0.25) is 0 Å². The summed E-state index contributed by atoms with van der Waals surface area (Å²) in [5.74, 6) is 3.54. The molecular weight excluding hydrogens is 356 g/mol. The highest BCUT2D eigenvalue weighted by Gasteiger charge is 2.16. The number of hydrogen-bond donors (Lipinski definition) is 3. The third-order valence-corrected chi connectivity index (χ3v) is 4.59. The minimum absolute atomic E-state index is 0.335. The Hall–Kier alpha value is -3.13. The summed E-state index contributed by atoms with van der Waals surface area (Å²) in [6.45, 7) is 3.49. The van der Waals surface area contributed by atoms with Gasteiger partial charge in [-0.05, 0) is 31.9 Å². The molecule has 0 bridgehead atoms. The molecule has 1 fully saturated rings. The van der Waals surface area contributed by atoms with E-state index in [0.29, 0.717) is 23.5 Å². The van der Waals surface area contributed by atoms with E-state index in [1.54, 1.807) is 7.11 Å². The standard InChI is InChI=1S/C20H24N6O2/c1-13-10-19(26-25-13)22-18-12-17(21-15-6-8-28-9-7-15)23-20(24-18)14-4-3-5-16(11-14)27-2/h3-5,10-12,15H,6-9H2,1-2H3,(H3,21,22,23,24,25,26). The fraction of sp³-hybridized carbons (Fsp3) is 0.350. The molecular formula is C20H24N6O2. The molecule has 3 aromatic rings. The maximum atomic E-state index is 5.45. The highest BCUT2D eigenvalue weighted by Crippen LogP contribution is 2.26. The van der Waals surface area contributed by atoms with Crippen molar-refractivity contribution in [1.82, 2.24) is 20.2 Å². The van der Waals surface area contributed by atoms with Crippen molar-refractivity contribution in [2.45, 2.75) is 25.8 Å². The number of rotatable bonds is 6. The number of nitrogens with zero attached hydrogens (tertiary/aromatic N) is 3. The molecule has 8 nitrogen and oxygen atoms in total. The SMILES string of the molecule is COc1cccc(-c2nc(Nc3cc(C)[nH]n3)cc(NC3CCOCC3)n2)c1. The highest BCUT2D eigenvalue weighted by atomic mass is 16.5. The largest absolute Gasteiger partial charge is 0.497 e. The van der Waals surface area contributed by atoms with Gasteiger partial charge in [0, 0.05) is 42.6 Å². The molecule has 0 amide bonds. The first-order valence-electron chi connectivity index (χ1n) is 9.36. The molecule has 2 aromatic heterocycles. The van der Waals surface area contributed by atoms with E-state index in [-0.39, 0.29) is 0 Å². The van der Waals surface area contributed by atoms with Gasteiger partial charge >= 0.3 is 0 Å². The second-order valence-corrected chi connectivity index (χ2v) is 6.79. The van der Waals surface area contributed by atoms with E-state index in [4.69, 9.17) is 14.5 Å². The molecule has 4 rings (SSSR count). The minimum Gasteiger partial charge on any atom is -0.497 e. The summed E-state index contributed by atoms with van der Waals surface area (Å²) in [5.41, 5.74) is 1.86. The number of aromatic amines is 1. The average Bonchev–Trinajstić information content (AvgIpc) is 3.13. The van der Waals surface area contributed by atoms with Crippen LogP contribution in [0, 0.1) is 6.92 Å². The Kier molecular flexibility index (Phi) is 5.38. The van der Waals surface area contributed by atoms with Gasteiger partial charge in [-0.1, -0.05) is 12.1 Å². The summed E-state index contributed by atoms with van der Waals surface area (Å²) in [7, 11) is 1.65. The number of methoxy groups -OCH3 is 1. The Labute approximate surface area is 163 Å². The van der Waals surface area contributed by atoms with Gasteiger partial charge in [0.15, 0.2) is 11.6 Å². The van der Waals surface area contributed by atoms with E-state index in [9.17, 15) is 0 Å². The zero-order valence-corrected chi connectivity index (χ0v) is 16.0. The first kappa shape index (κ1) is 18.2. The van der Waals surface area contributed by atoms with Crippen molar-refractivity contribution in [2.24, 2.45) is 0 Å². The van der Waals surface area contributed by atoms with Crippen LogP contribution in [0.15, 0.2) is 36.4 Å². The lowest BCUT2D eigenvalue weighted by Crippen LogP contribution is -2.28. The van der Waals surface area contributed by atoms with E-state index < -0.39 is 0 Å². The molecule has 28 heavy (non-hydrogen) atoms. The van der Waals surface area contributed by atoms with Crippen molar-refractivity contribution in [3.05, 3.63) is 42.1 Å². The quantitative estimate of drug-likeness (QED) is 0.602. The van der Waals surface area contributed by atoms with Gasteiger partial charge in [0.2, 0.25) is 0 Å². The Morgan fingerprint density at radius 3 is 2.64 bits per heavy atom. The number of benzene rings is 1. The van der Waals surface area contributed by atoms with E-state index in [2.05, 4.69) is 25.8 Å². The summed E-state index contributed by atoms with van der Waals surface area (Å²) >= 11 is 0. The van der Waals surface area contributed by atoms with Gasteiger partial charge in [-0.2, -0.15) is 5.10 Å². The van der Waals surface area contributed by atoms with E-state index in [1.807, 2.05) is 43.3 Å². The molecule has 8 heteroatoms. The smallest absolute Gasteiger partial charge is 0.163 e. The first-order chi connectivity index (χ1) is 13.7. The number of H-pyrrole nitrogens is 1. The van der Waals surface area contributed by atoms with Crippen LogP contribution in [0.1, 0.15) is 18.5 Å². The van der Waals surface area contributed by atoms with Gasteiger partial charge in [-0.25, -0.2) is 9.97 Å². The first-order valence-corrected chi connectivity index (χ1v) is 9.36. The molecule has 3 N–H and O–H groups in total. The zero-order chi connectivity index (χ0) is 19.3.